The van der Waals surface area contributed by atoms with Crippen molar-refractivity contribution >= 4 is 59.3 Å². The van der Waals surface area contributed by atoms with Gasteiger partial charge in [-0.3, -0.25) is 0 Å². The van der Waals surface area contributed by atoms with Gasteiger partial charge in [0, 0.05) is 42.3 Å². The molecule has 9 aromatic carbocycles. The third-order valence-corrected chi connectivity index (χ3v) is 12.8. The molecule has 0 unspecified atom stereocenters. The Balaban J connectivity index is 1.12. The van der Waals surface area contributed by atoms with Crippen LogP contribution in [0.1, 0.15) is 22.3 Å². The van der Waals surface area contributed by atoms with Crippen molar-refractivity contribution in [1.29, 1.82) is 0 Å². The van der Waals surface area contributed by atoms with Gasteiger partial charge in [-0.15, -0.1) is 11.3 Å². The third kappa shape index (κ3) is 4.85. The highest BCUT2D eigenvalue weighted by atomic mass is 32.1. The molecule has 0 fully saturated rings. The smallest absolute Gasteiger partial charge is 0.0713 e. The predicted octanol–water partition coefficient (Wildman–Crippen LogP) is 14.7. The Hall–Kier alpha value is -6.74. The van der Waals surface area contributed by atoms with Gasteiger partial charge in [0.25, 0.3) is 0 Å². The van der Waals surface area contributed by atoms with Crippen molar-refractivity contribution in [3.05, 3.63) is 235 Å². The van der Waals surface area contributed by atoms with Gasteiger partial charge in [-0.1, -0.05) is 176 Å². The first kappa shape index (κ1) is 31.8. The summed E-state index contributed by atoms with van der Waals surface area (Å²) in [5.74, 6) is 0. The van der Waals surface area contributed by atoms with Gasteiger partial charge in [0.15, 0.2) is 0 Å². The van der Waals surface area contributed by atoms with Gasteiger partial charge in [0.2, 0.25) is 0 Å². The molecule has 0 bridgehead atoms. The van der Waals surface area contributed by atoms with Crippen molar-refractivity contribution in [3.63, 3.8) is 0 Å². The molecule has 0 amide bonds. The lowest BCUT2D eigenvalue weighted by atomic mass is 9.68. The first-order valence-corrected chi connectivity index (χ1v) is 19.7. The van der Waals surface area contributed by atoms with E-state index in [1.54, 1.807) is 0 Å². The van der Waals surface area contributed by atoms with Crippen molar-refractivity contribution in [2.45, 2.75) is 5.41 Å². The summed E-state index contributed by atoms with van der Waals surface area (Å²) in [5, 5.41) is 5.15. The van der Waals surface area contributed by atoms with Crippen LogP contribution in [0.15, 0.2) is 212 Å². The molecule has 1 aliphatic rings. The molecule has 1 heterocycles. The summed E-state index contributed by atoms with van der Waals surface area (Å²) in [4.78, 5) is 2.44. The van der Waals surface area contributed by atoms with Crippen LogP contribution in [0.3, 0.4) is 0 Å². The molecule has 11 rings (SSSR count). The minimum Gasteiger partial charge on any atom is -0.310 e. The first-order chi connectivity index (χ1) is 27.3. The molecule has 10 aromatic rings. The molecular formula is C53H35NS. The Bertz CT molecular complexity index is 2970. The molecule has 1 nitrogen and oxygen atoms in total. The second kappa shape index (κ2) is 12.7. The van der Waals surface area contributed by atoms with Crippen molar-refractivity contribution in [3.8, 4) is 22.3 Å². The van der Waals surface area contributed by atoms with E-state index in [0.717, 1.165) is 17.1 Å². The number of thiophene rings is 1. The zero-order valence-corrected chi connectivity index (χ0v) is 30.9. The highest BCUT2D eigenvalue weighted by Gasteiger charge is 2.45. The Morgan fingerprint density at radius 2 is 0.855 bits per heavy atom. The second-order valence-electron chi connectivity index (χ2n) is 14.4. The van der Waals surface area contributed by atoms with Gasteiger partial charge in [0.05, 0.1) is 11.1 Å². The Morgan fingerprint density at radius 1 is 0.345 bits per heavy atom. The lowest BCUT2D eigenvalue weighted by molar-refractivity contribution is 0.768. The molecule has 0 radical (unpaired) electrons. The van der Waals surface area contributed by atoms with Gasteiger partial charge in [-0.25, -0.2) is 0 Å². The molecule has 0 aliphatic heterocycles. The lowest BCUT2D eigenvalue weighted by Crippen LogP contribution is -2.28. The van der Waals surface area contributed by atoms with E-state index in [1.165, 1.54) is 75.5 Å². The molecule has 1 aromatic heterocycles. The molecule has 0 spiro atoms. The van der Waals surface area contributed by atoms with Crippen LogP contribution in [-0.4, -0.2) is 0 Å². The molecule has 2 heteroatoms. The summed E-state index contributed by atoms with van der Waals surface area (Å²) < 4.78 is 2.65. The molecule has 0 atom stereocenters. The van der Waals surface area contributed by atoms with E-state index in [9.17, 15) is 0 Å². The zero-order valence-electron chi connectivity index (χ0n) is 30.1. The highest BCUT2D eigenvalue weighted by molar-refractivity contribution is 7.26. The monoisotopic (exact) mass is 717 g/mol. The fraction of sp³-hybridized carbons (Fsp3) is 0.0189. The van der Waals surface area contributed by atoms with Crippen molar-refractivity contribution < 1.29 is 0 Å². The Morgan fingerprint density at radius 3 is 1.56 bits per heavy atom. The first-order valence-electron chi connectivity index (χ1n) is 18.9. The molecule has 55 heavy (non-hydrogen) atoms. The van der Waals surface area contributed by atoms with Gasteiger partial charge in [-0.2, -0.15) is 0 Å². The van der Waals surface area contributed by atoms with Crippen molar-refractivity contribution in [2.75, 3.05) is 4.90 Å². The maximum absolute atomic E-state index is 2.44. The number of hydrogen-bond acceptors (Lipinski definition) is 2. The van der Waals surface area contributed by atoms with E-state index in [4.69, 9.17) is 0 Å². The summed E-state index contributed by atoms with van der Waals surface area (Å²) in [6, 6.07) is 78.2. The van der Waals surface area contributed by atoms with Crippen molar-refractivity contribution in [1.82, 2.24) is 0 Å². The van der Waals surface area contributed by atoms with Crippen LogP contribution in [0.25, 0.3) is 53.2 Å². The van der Waals surface area contributed by atoms with Crippen LogP contribution in [0, 0.1) is 0 Å². The molecule has 258 valence electrons. The number of hydrogen-bond donors (Lipinski definition) is 0. The van der Waals surface area contributed by atoms with E-state index in [-0.39, 0.29) is 0 Å². The lowest BCUT2D eigenvalue weighted by Gasteiger charge is -2.34. The largest absolute Gasteiger partial charge is 0.310 e. The Kier molecular flexibility index (Phi) is 7.33. The van der Waals surface area contributed by atoms with E-state index in [1.807, 2.05) is 11.3 Å². The number of rotatable bonds is 6. The summed E-state index contributed by atoms with van der Waals surface area (Å²) in [6.07, 6.45) is 0. The van der Waals surface area contributed by atoms with Crippen LogP contribution in [0.5, 0.6) is 0 Å². The van der Waals surface area contributed by atoms with Gasteiger partial charge in [-0.05, 0) is 80.9 Å². The standard InChI is InChI=1S/C53H35NS/c1-3-14-36(15-4-1)37-26-30-40(31-27-37)54(50-24-13-21-46-44(50)34-35-47-45-20-9-12-25-51(45)55-52(46)47)41-32-28-39(29-33-41)53(38-16-5-2-6-17-38)48-22-10-7-18-42(48)43-19-8-11-23-49(43)53/h1-35H. The van der Waals surface area contributed by atoms with Crippen LogP contribution in [0.4, 0.5) is 17.1 Å². The summed E-state index contributed by atoms with van der Waals surface area (Å²) in [7, 11) is 0. The van der Waals surface area contributed by atoms with Crippen LogP contribution in [0.2, 0.25) is 0 Å². The van der Waals surface area contributed by atoms with Crippen LogP contribution in [-0.2, 0) is 5.41 Å². The third-order valence-electron chi connectivity index (χ3n) is 11.6. The minimum absolute atomic E-state index is 0.443. The summed E-state index contributed by atoms with van der Waals surface area (Å²) in [6.45, 7) is 0. The highest BCUT2D eigenvalue weighted by Crippen LogP contribution is 2.56. The predicted molar refractivity (Wildman–Crippen MR) is 234 cm³/mol. The van der Waals surface area contributed by atoms with Gasteiger partial charge < -0.3 is 4.90 Å². The maximum Gasteiger partial charge on any atom is 0.0713 e. The summed E-state index contributed by atoms with van der Waals surface area (Å²) >= 11 is 1.89. The normalized spacial score (nSPS) is 12.9. The van der Waals surface area contributed by atoms with E-state index >= 15 is 0 Å². The second-order valence-corrected chi connectivity index (χ2v) is 15.5. The molecule has 0 saturated carbocycles. The minimum atomic E-state index is -0.443. The van der Waals surface area contributed by atoms with Crippen LogP contribution >= 0.6 is 11.3 Å². The van der Waals surface area contributed by atoms with E-state index in [2.05, 4.69) is 217 Å². The Labute approximate surface area is 325 Å². The van der Waals surface area contributed by atoms with E-state index in [0.29, 0.717) is 0 Å². The number of nitrogens with zero attached hydrogens (tertiary/aromatic N) is 1. The average Bonchev–Trinajstić information content (AvgIpc) is 3.80. The van der Waals surface area contributed by atoms with Crippen LogP contribution < -0.4 is 4.90 Å². The summed E-state index contributed by atoms with van der Waals surface area (Å²) in [5.41, 5.74) is 13.1. The van der Waals surface area contributed by atoms with Crippen molar-refractivity contribution in [2.24, 2.45) is 0 Å². The maximum atomic E-state index is 2.44. The topological polar surface area (TPSA) is 3.24 Å². The number of anilines is 3. The van der Waals surface area contributed by atoms with Gasteiger partial charge >= 0.3 is 0 Å². The SMILES string of the molecule is c1ccc(-c2ccc(N(c3ccc(C4(c5ccccc5)c5ccccc5-c5ccccc54)cc3)c3cccc4c3ccc3c5ccccc5sc43)cc2)cc1. The number of fused-ring (bicyclic) bond motifs is 8. The quantitative estimate of drug-likeness (QED) is 0.166. The molecule has 1 aliphatic carbocycles. The molecule has 0 N–H and O–H groups in total. The average molecular weight is 718 g/mol. The zero-order chi connectivity index (χ0) is 36.3. The van der Waals surface area contributed by atoms with Gasteiger partial charge in [0.1, 0.15) is 0 Å². The van der Waals surface area contributed by atoms with E-state index < -0.39 is 5.41 Å². The number of benzene rings is 9. The molecule has 0 saturated heterocycles. The fourth-order valence-corrected chi connectivity index (χ4v) is 10.4. The molecular weight excluding hydrogens is 683 g/mol. The fourth-order valence-electron chi connectivity index (χ4n) is 9.15.